The smallest absolute Gasteiger partial charge is 0.219 e. The number of carbonyl (C=O) groups is 1. The van der Waals surface area contributed by atoms with E-state index in [1.54, 1.807) is 6.92 Å². The molecule has 1 unspecified atom stereocenters. The summed E-state index contributed by atoms with van der Waals surface area (Å²) < 4.78 is 0. The first kappa shape index (κ1) is 13.8. The maximum atomic E-state index is 11.3. The molecule has 4 heteroatoms. The van der Waals surface area contributed by atoms with Crippen LogP contribution >= 0.6 is 0 Å². The summed E-state index contributed by atoms with van der Waals surface area (Å²) in [7, 11) is 0. The van der Waals surface area contributed by atoms with Crippen molar-refractivity contribution >= 4 is 11.7 Å². The molecule has 1 saturated heterocycles. The predicted octanol–water partition coefficient (Wildman–Crippen LogP) is 2.10. The van der Waals surface area contributed by atoms with Gasteiger partial charge in [0.15, 0.2) is 0 Å². The Balaban J connectivity index is 1.86. The molecule has 2 rings (SSSR count). The molecule has 2 heterocycles. The van der Waals surface area contributed by atoms with Gasteiger partial charge in [0.1, 0.15) is 5.84 Å². The van der Waals surface area contributed by atoms with Crippen LogP contribution in [0.3, 0.4) is 0 Å². The van der Waals surface area contributed by atoms with E-state index in [0.717, 1.165) is 38.3 Å². The third-order valence-corrected chi connectivity index (χ3v) is 3.80. The molecule has 0 spiro atoms. The van der Waals surface area contributed by atoms with Crippen molar-refractivity contribution in [3.8, 4) is 0 Å². The Hall–Kier alpha value is -1.58. The van der Waals surface area contributed by atoms with Gasteiger partial charge in [0.25, 0.3) is 0 Å². The van der Waals surface area contributed by atoms with Crippen LogP contribution in [-0.2, 0) is 4.79 Å². The van der Waals surface area contributed by atoms with Crippen LogP contribution < -0.4 is 5.32 Å². The molecular formula is C15H23N3O. The molecule has 1 fully saturated rings. The Labute approximate surface area is 115 Å². The normalized spacial score (nSPS) is 23.6. The van der Waals surface area contributed by atoms with E-state index in [9.17, 15) is 4.79 Å². The highest BCUT2D eigenvalue weighted by Gasteiger charge is 2.16. The first-order valence-electron chi connectivity index (χ1n) is 7.08. The van der Waals surface area contributed by atoms with Gasteiger partial charge in [-0.25, -0.2) is 4.99 Å². The molecule has 0 aromatic heterocycles. The third-order valence-electron chi connectivity index (χ3n) is 3.80. The van der Waals surface area contributed by atoms with Crippen LogP contribution in [0.15, 0.2) is 28.9 Å². The van der Waals surface area contributed by atoms with E-state index >= 15 is 0 Å². The number of nitrogens with zero attached hydrogens (tertiary/aromatic N) is 2. The van der Waals surface area contributed by atoms with Crippen molar-refractivity contribution in [3.05, 3.63) is 23.9 Å². The number of amidine groups is 1. The van der Waals surface area contributed by atoms with E-state index in [1.807, 2.05) is 11.1 Å². The van der Waals surface area contributed by atoms with Gasteiger partial charge in [-0.05, 0) is 18.8 Å². The van der Waals surface area contributed by atoms with E-state index in [-0.39, 0.29) is 5.91 Å². The first-order chi connectivity index (χ1) is 9.16. The Kier molecular flexibility index (Phi) is 4.77. The number of rotatable bonds is 3. The molecule has 0 radical (unpaired) electrons. The number of allylic oxidation sites excluding steroid dienone is 1. The molecule has 4 nitrogen and oxygen atoms in total. The number of hydrogen-bond acceptors (Lipinski definition) is 2. The van der Waals surface area contributed by atoms with Gasteiger partial charge in [-0.2, -0.15) is 0 Å². The van der Waals surface area contributed by atoms with Crippen LogP contribution in [-0.4, -0.2) is 36.3 Å². The van der Waals surface area contributed by atoms with Crippen molar-refractivity contribution in [2.45, 2.75) is 33.1 Å². The molecule has 2 aliphatic rings. The molecule has 1 amide bonds. The zero-order valence-corrected chi connectivity index (χ0v) is 11.9. The van der Waals surface area contributed by atoms with Crippen LogP contribution in [0.1, 0.15) is 33.1 Å². The Morgan fingerprint density at radius 1 is 1.53 bits per heavy atom. The van der Waals surface area contributed by atoms with E-state index in [2.05, 4.69) is 29.4 Å². The average Bonchev–Trinajstić information content (AvgIpc) is 2.92. The SMILES string of the molecule is CC(=O)N1CC=C(C(C)/C=C\N=C2/CCCN2)CC1. The van der Waals surface area contributed by atoms with Gasteiger partial charge in [-0.3, -0.25) is 4.79 Å². The Morgan fingerprint density at radius 3 is 2.95 bits per heavy atom. The lowest BCUT2D eigenvalue weighted by Crippen LogP contribution is -2.33. The summed E-state index contributed by atoms with van der Waals surface area (Å²) in [5.41, 5.74) is 1.41. The van der Waals surface area contributed by atoms with Crippen molar-refractivity contribution in [1.82, 2.24) is 10.2 Å². The standard InChI is InChI=1S/C15H23N3O/c1-12(5-9-17-15-4-3-8-16-15)14-6-10-18(11-7-14)13(2)19/h5-6,9,12H,3-4,7-8,10-11H2,1-2H3,(H,16,17)/b9-5-. The molecule has 1 N–H and O–H groups in total. The minimum atomic E-state index is 0.164. The molecule has 1 atom stereocenters. The third kappa shape index (κ3) is 3.94. The quantitative estimate of drug-likeness (QED) is 0.791. The first-order valence-corrected chi connectivity index (χ1v) is 7.08. The lowest BCUT2D eigenvalue weighted by molar-refractivity contribution is -0.128. The van der Waals surface area contributed by atoms with Gasteiger partial charge in [0, 0.05) is 39.2 Å². The molecule has 0 bridgehead atoms. The minimum Gasteiger partial charge on any atom is -0.374 e. The highest BCUT2D eigenvalue weighted by atomic mass is 16.2. The topological polar surface area (TPSA) is 44.7 Å². The lowest BCUT2D eigenvalue weighted by Gasteiger charge is -2.27. The summed E-state index contributed by atoms with van der Waals surface area (Å²) in [6.45, 7) is 6.46. The number of amides is 1. The second kappa shape index (κ2) is 6.55. The highest BCUT2D eigenvalue weighted by molar-refractivity contribution is 5.84. The molecule has 0 saturated carbocycles. The largest absolute Gasteiger partial charge is 0.374 e. The lowest BCUT2D eigenvalue weighted by atomic mass is 9.95. The average molecular weight is 261 g/mol. The van der Waals surface area contributed by atoms with Crippen LogP contribution in [0.25, 0.3) is 0 Å². The summed E-state index contributed by atoms with van der Waals surface area (Å²) in [5.74, 6) is 1.67. The summed E-state index contributed by atoms with van der Waals surface area (Å²) in [4.78, 5) is 17.6. The summed E-state index contributed by atoms with van der Waals surface area (Å²) in [6, 6.07) is 0. The van der Waals surface area contributed by atoms with Crippen molar-refractivity contribution in [1.29, 1.82) is 0 Å². The Morgan fingerprint density at radius 2 is 2.37 bits per heavy atom. The zero-order valence-electron chi connectivity index (χ0n) is 11.9. The van der Waals surface area contributed by atoms with E-state index < -0.39 is 0 Å². The number of aliphatic imine (C=N–C) groups is 1. The van der Waals surface area contributed by atoms with E-state index in [1.165, 1.54) is 12.0 Å². The fourth-order valence-corrected chi connectivity index (χ4v) is 2.46. The Bertz CT molecular complexity index is 415. The van der Waals surface area contributed by atoms with Gasteiger partial charge in [-0.1, -0.05) is 24.6 Å². The zero-order chi connectivity index (χ0) is 13.7. The summed E-state index contributed by atoms with van der Waals surface area (Å²) >= 11 is 0. The molecule has 2 aliphatic heterocycles. The van der Waals surface area contributed by atoms with E-state index in [0.29, 0.717) is 5.92 Å². The molecule has 0 aromatic carbocycles. The fraction of sp³-hybridized carbons (Fsp3) is 0.600. The number of hydrogen-bond donors (Lipinski definition) is 1. The van der Waals surface area contributed by atoms with Crippen LogP contribution in [0.5, 0.6) is 0 Å². The molecule has 0 aliphatic carbocycles. The molecule has 104 valence electrons. The second-order valence-electron chi connectivity index (χ2n) is 5.23. The second-order valence-corrected chi connectivity index (χ2v) is 5.23. The molecule has 0 aromatic rings. The summed E-state index contributed by atoms with van der Waals surface area (Å²) in [6.07, 6.45) is 9.46. The van der Waals surface area contributed by atoms with Gasteiger partial charge in [-0.15, -0.1) is 0 Å². The van der Waals surface area contributed by atoms with Crippen molar-refractivity contribution in [2.24, 2.45) is 10.9 Å². The minimum absolute atomic E-state index is 0.164. The van der Waals surface area contributed by atoms with Crippen LogP contribution in [0, 0.1) is 5.92 Å². The van der Waals surface area contributed by atoms with Gasteiger partial charge in [0.05, 0.1) is 0 Å². The number of nitrogens with one attached hydrogen (secondary N) is 1. The number of carbonyl (C=O) groups excluding carboxylic acids is 1. The van der Waals surface area contributed by atoms with Gasteiger partial charge >= 0.3 is 0 Å². The van der Waals surface area contributed by atoms with Crippen molar-refractivity contribution in [2.75, 3.05) is 19.6 Å². The highest BCUT2D eigenvalue weighted by Crippen LogP contribution is 2.20. The maximum absolute atomic E-state index is 11.3. The summed E-state index contributed by atoms with van der Waals surface area (Å²) in [5, 5.41) is 3.27. The maximum Gasteiger partial charge on any atom is 0.219 e. The van der Waals surface area contributed by atoms with Crippen LogP contribution in [0.2, 0.25) is 0 Å². The van der Waals surface area contributed by atoms with Crippen molar-refractivity contribution < 1.29 is 4.79 Å². The van der Waals surface area contributed by atoms with Crippen LogP contribution in [0.4, 0.5) is 0 Å². The monoisotopic (exact) mass is 261 g/mol. The fourth-order valence-electron chi connectivity index (χ4n) is 2.46. The predicted molar refractivity (Wildman–Crippen MR) is 77.9 cm³/mol. The van der Waals surface area contributed by atoms with E-state index in [4.69, 9.17) is 0 Å². The van der Waals surface area contributed by atoms with Crippen molar-refractivity contribution in [3.63, 3.8) is 0 Å². The van der Waals surface area contributed by atoms with Gasteiger partial charge < -0.3 is 10.2 Å². The molecule has 19 heavy (non-hydrogen) atoms. The molecular weight excluding hydrogens is 238 g/mol. The van der Waals surface area contributed by atoms with Gasteiger partial charge in [0.2, 0.25) is 5.91 Å².